The fourth-order valence-electron chi connectivity index (χ4n) is 3.66. The Morgan fingerprint density at radius 2 is 1.07 bits per heavy atom. The van der Waals surface area contributed by atoms with Gasteiger partial charge < -0.3 is 21.9 Å². The fraction of sp³-hybridized carbons (Fsp3) is 0.200. The Morgan fingerprint density at radius 1 is 0.724 bits per heavy atom. The summed E-state index contributed by atoms with van der Waals surface area (Å²) < 4.78 is 10.9. The molecule has 0 saturated heterocycles. The van der Waals surface area contributed by atoms with E-state index >= 15 is 0 Å². The number of ether oxygens (including phenoxy) is 2. The molecule has 0 radical (unpaired) electrons. The second-order valence-electron chi connectivity index (χ2n) is 6.75. The summed E-state index contributed by atoms with van der Waals surface area (Å²) in [6, 6.07) is 32.7. The summed E-state index contributed by atoms with van der Waals surface area (Å²) in [5.74, 6) is 0. The highest BCUT2D eigenvalue weighted by molar-refractivity contribution is 7.95. The number of rotatable bonds is 8. The van der Waals surface area contributed by atoms with E-state index in [1.807, 2.05) is 0 Å². The summed E-state index contributed by atoms with van der Waals surface area (Å²) in [5.41, 5.74) is 1.09. The van der Waals surface area contributed by atoms with Crippen molar-refractivity contribution < 1.29 is 21.9 Å². The van der Waals surface area contributed by atoms with Gasteiger partial charge in [-0.2, -0.15) is 0 Å². The van der Waals surface area contributed by atoms with E-state index in [0.717, 1.165) is 11.7 Å². The first-order valence-corrected chi connectivity index (χ1v) is 11.5. The van der Waals surface area contributed by atoms with Crippen molar-refractivity contribution in [2.24, 2.45) is 0 Å². The number of methoxy groups -OCH3 is 2. The molecule has 4 heteroatoms. The van der Waals surface area contributed by atoms with Crippen molar-refractivity contribution in [3.8, 4) is 0 Å². The van der Waals surface area contributed by atoms with Gasteiger partial charge in [0.25, 0.3) is 0 Å². The largest absolute Gasteiger partial charge is 1.00 e. The second kappa shape index (κ2) is 11.3. The first-order valence-electron chi connectivity index (χ1n) is 9.49. The lowest BCUT2D eigenvalue weighted by molar-refractivity contribution is -0.0747. The molecule has 2 nitrogen and oxygen atoms in total. The van der Waals surface area contributed by atoms with Crippen molar-refractivity contribution in [3.63, 3.8) is 0 Å². The minimum Gasteiger partial charge on any atom is -1.00 e. The SMILES string of the molecule is COC(OC)C(C)=CC[P+](c1ccccc1)(c1ccccc1)c1ccccc1.[Cl-]. The summed E-state index contributed by atoms with van der Waals surface area (Å²) in [7, 11) is 1.50. The van der Waals surface area contributed by atoms with E-state index in [1.54, 1.807) is 14.2 Å². The minimum atomic E-state index is -1.86. The Kier molecular flexibility index (Phi) is 9.07. The third kappa shape index (κ3) is 5.15. The standard InChI is InChI=1S/C25H28O2P.ClH/c1-21(25(26-2)27-3)19-20-28(22-13-7-4-8-14-22,23-15-9-5-10-16-23)24-17-11-6-12-18-24;/h4-19,25H,20H2,1-3H3;1H/q+1;/p-1. The van der Waals surface area contributed by atoms with Crippen LogP contribution in [-0.4, -0.2) is 26.7 Å². The average molecular weight is 427 g/mol. The maximum Gasteiger partial charge on any atom is 0.178 e. The lowest BCUT2D eigenvalue weighted by Crippen LogP contribution is -3.00. The van der Waals surface area contributed by atoms with Crippen LogP contribution in [0.3, 0.4) is 0 Å². The Balaban J connectivity index is 0.00000300. The topological polar surface area (TPSA) is 18.5 Å². The van der Waals surface area contributed by atoms with E-state index in [2.05, 4.69) is 104 Å². The number of hydrogen-bond donors (Lipinski definition) is 0. The van der Waals surface area contributed by atoms with E-state index in [1.165, 1.54) is 15.9 Å². The summed E-state index contributed by atoms with van der Waals surface area (Å²) in [6.45, 7) is 2.08. The Labute approximate surface area is 181 Å². The Hall–Kier alpha value is -1.96. The molecule has 0 saturated carbocycles. The van der Waals surface area contributed by atoms with Gasteiger partial charge in [0.1, 0.15) is 23.2 Å². The smallest absolute Gasteiger partial charge is 0.178 e. The van der Waals surface area contributed by atoms with Crippen LogP contribution >= 0.6 is 7.26 Å². The molecule has 152 valence electrons. The lowest BCUT2D eigenvalue weighted by Gasteiger charge is -2.27. The first kappa shape index (κ1) is 23.3. The molecule has 0 atom stereocenters. The molecule has 29 heavy (non-hydrogen) atoms. The summed E-state index contributed by atoms with van der Waals surface area (Å²) in [4.78, 5) is 0. The molecule has 0 aliphatic carbocycles. The normalized spacial score (nSPS) is 11.9. The zero-order chi connectivity index (χ0) is 19.8. The van der Waals surface area contributed by atoms with Gasteiger partial charge in [0.05, 0.1) is 6.16 Å². The number of halogens is 1. The zero-order valence-corrected chi connectivity index (χ0v) is 18.8. The van der Waals surface area contributed by atoms with Crippen molar-refractivity contribution in [1.29, 1.82) is 0 Å². The van der Waals surface area contributed by atoms with Crippen LogP contribution in [-0.2, 0) is 9.47 Å². The van der Waals surface area contributed by atoms with Gasteiger partial charge in [-0.25, -0.2) is 0 Å². The number of benzene rings is 3. The van der Waals surface area contributed by atoms with E-state index in [-0.39, 0.29) is 18.7 Å². The molecule has 0 aliphatic rings. The van der Waals surface area contributed by atoms with Gasteiger partial charge in [0, 0.05) is 14.2 Å². The Morgan fingerprint density at radius 3 is 1.38 bits per heavy atom. The first-order chi connectivity index (χ1) is 13.7. The van der Waals surface area contributed by atoms with Crippen molar-refractivity contribution >= 4 is 23.2 Å². The fourth-order valence-corrected chi connectivity index (χ4v) is 7.79. The maximum absolute atomic E-state index is 5.47. The third-order valence-electron chi connectivity index (χ3n) is 5.08. The van der Waals surface area contributed by atoms with Crippen molar-refractivity contribution in [3.05, 3.63) is 103 Å². The Bertz CT molecular complexity index is 782. The molecule has 0 fully saturated rings. The molecule has 0 heterocycles. The van der Waals surface area contributed by atoms with Crippen LogP contribution in [0.1, 0.15) is 6.92 Å². The molecule has 3 rings (SSSR count). The van der Waals surface area contributed by atoms with Crippen molar-refractivity contribution in [1.82, 2.24) is 0 Å². The third-order valence-corrected chi connectivity index (χ3v) is 9.35. The average Bonchev–Trinajstić information content (AvgIpc) is 2.77. The van der Waals surface area contributed by atoms with Gasteiger partial charge in [0.2, 0.25) is 0 Å². The predicted molar refractivity (Wildman–Crippen MR) is 122 cm³/mol. The van der Waals surface area contributed by atoms with Gasteiger partial charge in [0.15, 0.2) is 6.29 Å². The van der Waals surface area contributed by atoms with E-state index in [0.29, 0.717) is 0 Å². The molecule has 0 aliphatic heterocycles. The summed E-state index contributed by atoms with van der Waals surface area (Å²) in [5, 5.41) is 4.13. The van der Waals surface area contributed by atoms with Crippen LogP contribution in [0.5, 0.6) is 0 Å². The van der Waals surface area contributed by atoms with Gasteiger partial charge >= 0.3 is 0 Å². The maximum atomic E-state index is 5.47. The molecule has 3 aromatic carbocycles. The van der Waals surface area contributed by atoms with E-state index in [4.69, 9.17) is 9.47 Å². The second-order valence-corrected chi connectivity index (χ2v) is 10.3. The summed E-state index contributed by atoms with van der Waals surface area (Å²) >= 11 is 0. The molecule has 0 amide bonds. The predicted octanol–water partition coefficient (Wildman–Crippen LogP) is 1.55. The van der Waals surface area contributed by atoms with Crippen LogP contribution in [0, 0.1) is 0 Å². The van der Waals surface area contributed by atoms with Gasteiger partial charge in [-0.15, -0.1) is 0 Å². The van der Waals surface area contributed by atoms with Crippen LogP contribution in [0.4, 0.5) is 0 Å². The van der Waals surface area contributed by atoms with Crippen LogP contribution < -0.4 is 28.3 Å². The van der Waals surface area contributed by atoms with Gasteiger partial charge in [-0.1, -0.05) is 54.6 Å². The molecule has 3 aromatic rings. The van der Waals surface area contributed by atoms with Crippen molar-refractivity contribution in [2.45, 2.75) is 13.2 Å². The van der Waals surface area contributed by atoms with E-state index < -0.39 is 7.26 Å². The van der Waals surface area contributed by atoms with Crippen LogP contribution in [0.2, 0.25) is 0 Å². The molecule has 0 N–H and O–H groups in total. The lowest BCUT2D eigenvalue weighted by atomic mass is 10.3. The summed E-state index contributed by atoms with van der Waals surface area (Å²) in [6.07, 6.45) is 2.89. The highest BCUT2D eigenvalue weighted by atomic mass is 35.5. The highest BCUT2D eigenvalue weighted by Gasteiger charge is 2.44. The van der Waals surface area contributed by atoms with Crippen LogP contribution in [0.15, 0.2) is 103 Å². The van der Waals surface area contributed by atoms with E-state index in [9.17, 15) is 0 Å². The minimum absolute atomic E-state index is 0. The quantitative estimate of drug-likeness (QED) is 0.309. The van der Waals surface area contributed by atoms with Crippen molar-refractivity contribution in [2.75, 3.05) is 20.4 Å². The molecule has 0 aromatic heterocycles. The number of allylic oxidation sites excluding steroid dienone is 1. The number of hydrogen-bond acceptors (Lipinski definition) is 2. The van der Waals surface area contributed by atoms with Gasteiger partial charge in [-0.05, 0) is 55.0 Å². The van der Waals surface area contributed by atoms with Crippen LogP contribution in [0.25, 0.3) is 0 Å². The molecule has 0 unspecified atom stereocenters. The molecular weight excluding hydrogens is 399 g/mol. The highest BCUT2D eigenvalue weighted by Crippen LogP contribution is 2.55. The van der Waals surface area contributed by atoms with Gasteiger partial charge in [-0.3, -0.25) is 0 Å². The molecule has 0 spiro atoms. The monoisotopic (exact) mass is 426 g/mol. The molecular formula is C25H28ClO2P. The molecule has 0 bridgehead atoms. The zero-order valence-electron chi connectivity index (χ0n) is 17.2.